The molecule has 7 nitrogen and oxygen atoms in total. The van der Waals surface area contributed by atoms with Crippen molar-refractivity contribution in [2.45, 2.75) is 32.1 Å². The molecule has 0 aliphatic carbocycles. The molecule has 4 atom stereocenters. The topological polar surface area (TPSA) is 75.6 Å². The van der Waals surface area contributed by atoms with Crippen LogP contribution in [0.5, 0.6) is 0 Å². The Morgan fingerprint density at radius 2 is 2.13 bits per heavy atom. The Kier molecular flexibility index (Phi) is 4.25. The molecule has 4 heterocycles. The summed E-state index contributed by atoms with van der Waals surface area (Å²) in [6.45, 7) is 4.89. The molecule has 0 saturated carbocycles. The molecule has 2 unspecified atom stereocenters. The highest BCUT2D eigenvalue weighted by Crippen LogP contribution is 2.53. The SMILES string of the molecule is Cc1ccc(N2C[C@@]34C=C[C@@H](O3)C(C(=O)N(C)Cc3ccncn3)C4C2=O)cc1C. The third-order valence-corrected chi connectivity index (χ3v) is 6.61. The number of fused-ring (bicyclic) bond motifs is 1. The Bertz CT molecular complexity index is 1050. The zero-order chi connectivity index (χ0) is 21.0. The number of hydrogen-bond acceptors (Lipinski definition) is 5. The Morgan fingerprint density at radius 1 is 1.30 bits per heavy atom. The molecule has 2 fully saturated rings. The third-order valence-electron chi connectivity index (χ3n) is 6.61. The average molecular weight is 404 g/mol. The van der Waals surface area contributed by atoms with Crippen LogP contribution in [-0.2, 0) is 20.9 Å². The van der Waals surface area contributed by atoms with Crippen LogP contribution < -0.4 is 4.90 Å². The molecule has 0 radical (unpaired) electrons. The third kappa shape index (κ3) is 2.76. The highest BCUT2D eigenvalue weighted by molar-refractivity contribution is 6.03. The summed E-state index contributed by atoms with van der Waals surface area (Å²) in [4.78, 5) is 38.4. The van der Waals surface area contributed by atoms with E-state index in [1.807, 2.05) is 44.2 Å². The number of benzene rings is 1. The van der Waals surface area contributed by atoms with E-state index in [1.165, 1.54) is 11.9 Å². The molecular formula is C23H24N4O3. The molecule has 2 aromatic rings. The summed E-state index contributed by atoms with van der Waals surface area (Å²) >= 11 is 0. The molecule has 0 N–H and O–H groups in total. The zero-order valence-corrected chi connectivity index (χ0v) is 17.3. The van der Waals surface area contributed by atoms with E-state index in [0.717, 1.165) is 16.9 Å². The standard InChI is InChI=1S/C23H24N4O3/c1-14-4-5-17(10-15(14)2)27-12-23-8-6-18(30-23)19(20(23)22(27)29)21(28)26(3)11-16-7-9-24-13-25-16/h4-10,13,18-20H,11-12H2,1-3H3/t18-,19?,20?,23-/m1/s1. The molecule has 1 aromatic heterocycles. The Labute approximate surface area is 175 Å². The van der Waals surface area contributed by atoms with Gasteiger partial charge in [0.05, 0.1) is 36.7 Å². The highest BCUT2D eigenvalue weighted by Gasteiger charge is 2.67. The number of anilines is 1. The molecule has 2 bridgehead atoms. The van der Waals surface area contributed by atoms with Crippen molar-refractivity contribution < 1.29 is 14.3 Å². The van der Waals surface area contributed by atoms with Crippen molar-refractivity contribution in [1.82, 2.24) is 14.9 Å². The Hall–Kier alpha value is -3.06. The lowest BCUT2D eigenvalue weighted by Crippen LogP contribution is -2.44. The molecule has 2 saturated heterocycles. The van der Waals surface area contributed by atoms with Crippen molar-refractivity contribution in [1.29, 1.82) is 0 Å². The van der Waals surface area contributed by atoms with Gasteiger partial charge in [0.25, 0.3) is 0 Å². The summed E-state index contributed by atoms with van der Waals surface area (Å²) < 4.78 is 6.25. The van der Waals surface area contributed by atoms with E-state index in [0.29, 0.717) is 13.1 Å². The number of carbonyl (C=O) groups excluding carboxylic acids is 2. The van der Waals surface area contributed by atoms with Gasteiger partial charge in [0.1, 0.15) is 11.9 Å². The maximum atomic E-state index is 13.5. The van der Waals surface area contributed by atoms with Crippen molar-refractivity contribution in [3.05, 3.63) is 65.8 Å². The fraction of sp³-hybridized carbons (Fsp3) is 0.391. The first-order chi connectivity index (χ1) is 14.4. The second-order valence-electron chi connectivity index (χ2n) is 8.49. The number of aryl methyl sites for hydroxylation is 2. The summed E-state index contributed by atoms with van der Waals surface area (Å²) in [7, 11) is 1.74. The number of ether oxygens (including phenoxy) is 1. The fourth-order valence-electron chi connectivity index (χ4n) is 4.88. The summed E-state index contributed by atoms with van der Waals surface area (Å²) in [6.07, 6.45) is 6.68. The Balaban J connectivity index is 1.42. The van der Waals surface area contributed by atoms with E-state index < -0.39 is 17.4 Å². The minimum Gasteiger partial charge on any atom is -0.360 e. The molecule has 1 aromatic carbocycles. The molecule has 5 rings (SSSR count). The predicted molar refractivity (Wildman–Crippen MR) is 110 cm³/mol. The van der Waals surface area contributed by atoms with Gasteiger partial charge in [-0.2, -0.15) is 0 Å². The van der Waals surface area contributed by atoms with Crippen molar-refractivity contribution in [3.8, 4) is 0 Å². The van der Waals surface area contributed by atoms with Gasteiger partial charge in [-0.25, -0.2) is 9.97 Å². The first-order valence-electron chi connectivity index (χ1n) is 10.2. The van der Waals surface area contributed by atoms with Gasteiger partial charge in [-0.1, -0.05) is 18.2 Å². The van der Waals surface area contributed by atoms with E-state index in [-0.39, 0.29) is 17.9 Å². The second kappa shape index (κ2) is 6.74. The smallest absolute Gasteiger partial charge is 0.234 e. The van der Waals surface area contributed by atoms with Crippen LogP contribution in [0.3, 0.4) is 0 Å². The molecule has 2 amide bonds. The molecule has 1 spiro atoms. The molecule has 3 aliphatic heterocycles. The lowest BCUT2D eigenvalue weighted by Gasteiger charge is -2.27. The monoisotopic (exact) mass is 404 g/mol. The van der Waals surface area contributed by atoms with E-state index in [1.54, 1.807) is 29.1 Å². The maximum Gasteiger partial charge on any atom is 0.234 e. The maximum absolute atomic E-state index is 13.5. The summed E-state index contributed by atoms with van der Waals surface area (Å²) in [5.41, 5.74) is 3.20. The van der Waals surface area contributed by atoms with Crippen molar-refractivity contribution in [2.75, 3.05) is 18.5 Å². The molecule has 30 heavy (non-hydrogen) atoms. The number of rotatable bonds is 4. The van der Waals surface area contributed by atoms with Gasteiger partial charge in [-0.05, 0) is 43.2 Å². The van der Waals surface area contributed by atoms with Gasteiger partial charge in [0.2, 0.25) is 11.8 Å². The molecule has 154 valence electrons. The quantitative estimate of drug-likeness (QED) is 0.729. The highest BCUT2D eigenvalue weighted by atomic mass is 16.5. The summed E-state index contributed by atoms with van der Waals surface area (Å²) in [6, 6.07) is 7.80. The molecular weight excluding hydrogens is 380 g/mol. The van der Waals surface area contributed by atoms with E-state index >= 15 is 0 Å². The second-order valence-corrected chi connectivity index (χ2v) is 8.49. The minimum absolute atomic E-state index is 0.0427. The lowest BCUT2D eigenvalue weighted by molar-refractivity contribution is -0.139. The van der Waals surface area contributed by atoms with Crippen LogP contribution in [0.2, 0.25) is 0 Å². The lowest BCUT2D eigenvalue weighted by atomic mass is 9.76. The van der Waals surface area contributed by atoms with Crippen LogP contribution in [0.25, 0.3) is 0 Å². The van der Waals surface area contributed by atoms with Crippen LogP contribution in [-0.4, -0.2) is 52.0 Å². The first-order valence-corrected chi connectivity index (χ1v) is 10.2. The van der Waals surface area contributed by atoms with Crippen LogP contribution in [0.15, 0.2) is 48.9 Å². The normalized spacial score (nSPS) is 28.8. The molecule has 7 heteroatoms. The van der Waals surface area contributed by atoms with E-state index in [9.17, 15) is 9.59 Å². The number of amides is 2. The van der Waals surface area contributed by atoms with Gasteiger partial charge in [-0.3, -0.25) is 9.59 Å². The predicted octanol–water partition coefficient (Wildman–Crippen LogP) is 2.04. The van der Waals surface area contributed by atoms with E-state index in [2.05, 4.69) is 9.97 Å². The fourth-order valence-corrected chi connectivity index (χ4v) is 4.88. The van der Waals surface area contributed by atoms with Crippen LogP contribution in [0.1, 0.15) is 16.8 Å². The number of carbonyl (C=O) groups is 2. The average Bonchev–Trinajstić information content (AvgIpc) is 3.38. The minimum atomic E-state index is -0.726. The van der Waals surface area contributed by atoms with Gasteiger partial charge in [-0.15, -0.1) is 0 Å². The van der Waals surface area contributed by atoms with Gasteiger partial charge < -0.3 is 14.5 Å². The number of nitrogens with zero attached hydrogens (tertiary/aromatic N) is 4. The Morgan fingerprint density at radius 3 is 2.87 bits per heavy atom. The van der Waals surface area contributed by atoms with Crippen LogP contribution >= 0.6 is 0 Å². The largest absolute Gasteiger partial charge is 0.360 e. The van der Waals surface area contributed by atoms with E-state index in [4.69, 9.17) is 4.74 Å². The summed E-state index contributed by atoms with van der Waals surface area (Å²) in [5.74, 6) is -1.16. The van der Waals surface area contributed by atoms with Crippen molar-refractivity contribution in [3.63, 3.8) is 0 Å². The van der Waals surface area contributed by atoms with Crippen LogP contribution in [0.4, 0.5) is 5.69 Å². The van der Waals surface area contributed by atoms with Crippen LogP contribution in [0, 0.1) is 25.7 Å². The van der Waals surface area contributed by atoms with Gasteiger partial charge in [0, 0.05) is 18.9 Å². The summed E-state index contributed by atoms with van der Waals surface area (Å²) in [5, 5.41) is 0. The van der Waals surface area contributed by atoms with Crippen molar-refractivity contribution >= 4 is 17.5 Å². The number of aromatic nitrogens is 2. The zero-order valence-electron chi connectivity index (χ0n) is 17.3. The number of hydrogen-bond donors (Lipinski definition) is 0. The first kappa shape index (κ1) is 18.9. The van der Waals surface area contributed by atoms with Gasteiger partial charge in [0.15, 0.2) is 0 Å². The van der Waals surface area contributed by atoms with Gasteiger partial charge >= 0.3 is 0 Å². The van der Waals surface area contributed by atoms with Crippen molar-refractivity contribution in [2.24, 2.45) is 11.8 Å². The molecule has 3 aliphatic rings.